The highest BCUT2D eigenvalue weighted by molar-refractivity contribution is 9.11. The predicted octanol–water partition coefficient (Wildman–Crippen LogP) is 2.68. The molecule has 0 spiro atoms. The van der Waals surface area contributed by atoms with Crippen molar-refractivity contribution < 1.29 is 10.0 Å². The molecule has 0 atom stereocenters. The Bertz CT molecular complexity index is 469. The van der Waals surface area contributed by atoms with Crippen molar-refractivity contribution in [1.29, 1.82) is 0 Å². The maximum Gasteiger partial charge on any atom is 0.234 e. The van der Waals surface area contributed by atoms with Gasteiger partial charge in [-0.25, -0.2) is 0 Å². The molecule has 0 aliphatic heterocycles. The molecule has 0 radical (unpaired) electrons. The summed E-state index contributed by atoms with van der Waals surface area (Å²) in [5.41, 5.74) is 4.74. The molecule has 0 unspecified atom stereocenters. The number of halogens is 1. The second-order valence-corrected chi connectivity index (χ2v) is 6.71. The van der Waals surface area contributed by atoms with Crippen LogP contribution in [0.15, 0.2) is 21.1 Å². The lowest BCUT2D eigenvalue weighted by atomic mass is 9.80. The minimum atomic E-state index is -0.941. The van der Waals surface area contributed by atoms with Gasteiger partial charge in [-0.15, -0.1) is 11.3 Å². The SMILES string of the molecule is CCC(CC)(C(=O)NCc1ccc(Br)s1)C(N)=NO. The van der Waals surface area contributed by atoms with Crippen LogP contribution in [0.4, 0.5) is 0 Å². The third-order valence-corrected chi connectivity index (χ3v) is 4.92. The number of amidine groups is 1. The van der Waals surface area contributed by atoms with Gasteiger partial charge in [-0.05, 0) is 40.9 Å². The van der Waals surface area contributed by atoms with Crippen LogP contribution in [0.2, 0.25) is 0 Å². The zero-order chi connectivity index (χ0) is 14.5. The van der Waals surface area contributed by atoms with Crippen molar-refractivity contribution in [3.8, 4) is 0 Å². The fraction of sp³-hybridized carbons (Fsp3) is 0.500. The molecule has 0 fully saturated rings. The highest BCUT2D eigenvalue weighted by atomic mass is 79.9. The van der Waals surface area contributed by atoms with E-state index in [4.69, 9.17) is 10.9 Å². The maximum atomic E-state index is 12.3. The summed E-state index contributed by atoms with van der Waals surface area (Å²) >= 11 is 4.93. The van der Waals surface area contributed by atoms with Crippen LogP contribution in [0, 0.1) is 5.41 Å². The zero-order valence-corrected chi connectivity index (χ0v) is 13.3. The van der Waals surface area contributed by atoms with Crippen molar-refractivity contribution in [3.05, 3.63) is 20.8 Å². The van der Waals surface area contributed by atoms with Crippen molar-refractivity contribution in [1.82, 2.24) is 5.32 Å². The summed E-state index contributed by atoms with van der Waals surface area (Å²) in [7, 11) is 0. The van der Waals surface area contributed by atoms with Gasteiger partial charge < -0.3 is 16.3 Å². The number of rotatable bonds is 6. The average Bonchev–Trinajstić information content (AvgIpc) is 2.83. The lowest BCUT2D eigenvalue weighted by Gasteiger charge is -2.28. The van der Waals surface area contributed by atoms with Gasteiger partial charge in [-0.3, -0.25) is 4.79 Å². The number of thiophene rings is 1. The molecule has 0 aromatic carbocycles. The number of hydrogen-bond acceptors (Lipinski definition) is 4. The molecule has 0 saturated carbocycles. The molecular formula is C12H18BrN3O2S. The zero-order valence-electron chi connectivity index (χ0n) is 10.9. The molecule has 1 aromatic rings. The molecule has 5 nitrogen and oxygen atoms in total. The van der Waals surface area contributed by atoms with Crippen molar-refractivity contribution in [3.63, 3.8) is 0 Å². The van der Waals surface area contributed by atoms with Crippen LogP contribution in [0.25, 0.3) is 0 Å². The summed E-state index contributed by atoms with van der Waals surface area (Å²) in [5.74, 6) is -0.250. The Hall–Kier alpha value is -1.08. The lowest BCUT2D eigenvalue weighted by molar-refractivity contribution is -0.128. The minimum absolute atomic E-state index is 0.0395. The van der Waals surface area contributed by atoms with Gasteiger partial charge in [0.15, 0.2) is 5.84 Å². The number of nitrogens with one attached hydrogen (secondary N) is 1. The van der Waals surface area contributed by atoms with Crippen LogP contribution in [-0.4, -0.2) is 17.0 Å². The first kappa shape index (κ1) is 16.0. The smallest absolute Gasteiger partial charge is 0.234 e. The van der Waals surface area contributed by atoms with E-state index in [2.05, 4.69) is 26.4 Å². The molecule has 106 valence electrons. The number of amides is 1. The normalized spacial score (nSPS) is 12.5. The molecule has 0 saturated heterocycles. The van der Waals surface area contributed by atoms with Crippen LogP contribution in [0.5, 0.6) is 0 Å². The van der Waals surface area contributed by atoms with Crippen LogP contribution in [0.3, 0.4) is 0 Å². The van der Waals surface area contributed by atoms with Gasteiger partial charge in [-0.1, -0.05) is 19.0 Å². The van der Waals surface area contributed by atoms with Crippen molar-refractivity contribution in [2.24, 2.45) is 16.3 Å². The van der Waals surface area contributed by atoms with E-state index in [1.807, 2.05) is 26.0 Å². The van der Waals surface area contributed by atoms with E-state index in [9.17, 15) is 4.79 Å². The minimum Gasteiger partial charge on any atom is -0.409 e. The molecule has 0 aliphatic carbocycles. The van der Waals surface area contributed by atoms with Crippen molar-refractivity contribution in [2.45, 2.75) is 33.2 Å². The van der Waals surface area contributed by atoms with E-state index < -0.39 is 5.41 Å². The number of oxime groups is 1. The molecule has 7 heteroatoms. The largest absolute Gasteiger partial charge is 0.409 e. The van der Waals surface area contributed by atoms with Gasteiger partial charge in [-0.2, -0.15) is 0 Å². The standard InChI is InChI=1S/C12H18BrN3O2S/c1-3-12(4-2,10(14)16-18)11(17)15-7-8-5-6-9(13)19-8/h5-6,18H,3-4,7H2,1-2H3,(H2,14,16)(H,15,17). The summed E-state index contributed by atoms with van der Waals surface area (Å²) in [6, 6.07) is 3.88. The Labute approximate surface area is 125 Å². The Morgan fingerprint density at radius 3 is 2.58 bits per heavy atom. The fourth-order valence-corrected chi connectivity index (χ4v) is 3.35. The quantitative estimate of drug-likeness (QED) is 0.320. The number of carbonyl (C=O) groups excluding carboxylic acids is 1. The Morgan fingerprint density at radius 1 is 1.53 bits per heavy atom. The maximum absolute atomic E-state index is 12.3. The molecule has 19 heavy (non-hydrogen) atoms. The fourth-order valence-electron chi connectivity index (χ4n) is 1.93. The summed E-state index contributed by atoms with van der Waals surface area (Å²) in [6.07, 6.45) is 0.971. The molecular weight excluding hydrogens is 330 g/mol. The van der Waals surface area contributed by atoms with E-state index >= 15 is 0 Å². The van der Waals surface area contributed by atoms with Gasteiger partial charge in [0.05, 0.1) is 10.3 Å². The van der Waals surface area contributed by atoms with Gasteiger partial charge in [0.2, 0.25) is 5.91 Å². The summed E-state index contributed by atoms with van der Waals surface area (Å²) in [6.45, 7) is 4.14. The van der Waals surface area contributed by atoms with E-state index in [0.29, 0.717) is 19.4 Å². The van der Waals surface area contributed by atoms with E-state index in [1.165, 1.54) is 0 Å². The van der Waals surface area contributed by atoms with E-state index in [0.717, 1.165) is 8.66 Å². The second kappa shape index (κ2) is 6.91. The van der Waals surface area contributed by atoms with E-state index in [-0.39, 0.29) is 11.7 Å². The number of carbonyl (C=O) groups is 1. The van der Waals surface area contributed by atoms with Crippen molar-refractivity contribution >= 4 is 39.0 Å². The van der Waals surface area contributed by atoms with Gasteiger partial charge >= 0.3 is 0 Å². The number of hydrogen-bond donors (Lipinski definition) is 3. The average molecular weight is 348 g/mol. The molecule has 1 heterocycles. The van der Waals surface area contributed by atoms with Crippen molar-refractivity contribution in [2.75, 3.05) is 0 Å². The summed E-state index contributed by atoms with van der Waals surface area (Å²) in [4.78, 5) is 13.4. The molecule has 0 bridgehead atoms. The number of nitrogens with zero attached hydrogens (tertiary/aromatic N) is 1. The summed E-state index contributed by atoms with van der Waals surface area (Å²) in [5, 5.41) is 14.7. The van der Waals surface area contributed by atoms with Gasteiger partial charge in [0.1, 0.15) is 5.41 Å². The van der Waals surface area contributed by atoms with Gasteiger partial charge in [0, 0.05) is 4.88 Å². The predicted molar refractivity (Wildman–Crippen MR) is 80.3 cm³/mol. The Kier molecular flexibility index (Phi) is 5.81. The molecule has 4 N–H and O–H groups in total. The molecule has 0 aliphatic rings. The van der Waals surface area contributed by atoms with Gasteiger partial charge in [0.25, 0.3) is 0 Å². The monoisotopic (exact) mass is 347 g/mol. The summed E-state index contributed by atoms with van der Waals surface area (Å²) < 4.78 is 1.02. The lowest BCUT2D eigenvalue weighted by Crippen LogP contribution is -2.49. The molecule has 1 amide bonds. The third-order valence-electron chi connectivity index (χ3n) is 3.29. The first-order chi connectivity index (χ1) is 9.00. The second-order valence-electron chi connectivity index (χ2n) is 4.16. The van der Waals surface area contributed by atoms with Crippen LogP contribution < -0.4 is 11.1 Å². The van der Waals surface area contributed by atoms with E-state index in [1.54, 1.807) is 11.3 Å². The first-order valence-corrected chi connectivity index (χ1v) is 7.61. The highest BCUT2D eigenvalue weighted by Gasteiger charge is 2.39. The Morgan fingerprint density at radius 2 is 2.16 bits per heavy atom. The Balaban J connectivity index is 2.78. The third kappa shape index (κ3) is 3.48. The topological polar surface area (TPSA) is 87.7 Å². The van der Waals surface area contributed by atoms with Crippen LogP contribution in [0.1, 0.15) is 31.6 Å². The van der Waals surface area contributed by atoms with Crippen LogP contribution >= 0.6 is 27.3 Å². The highest BCUT2D eigenvalue weighted by Crippen LogP contribution is 2.28. The molecule has 1 aromatic heterocycles. The van der Waals surface area contributed by atoms with Crippen LogP contribution in [-0.2, 0) is 11.3 Å². The molecule has 1 rings (SSSR count). The first-order valence-electron chi connectivity index (χ1n) is 6.00. The number of nitrogens with two attached hydrogens (primary N) is 1.